The largest absolute Gasteiger partial charge is 0.455 e. The van der Waals surface area contributed by atoms with E-state index in [2.05, 4.69) is 6.58 Å². The topological polar surface area (TPSA) is 96.5 Å². The highest BCUT2D eigenvalue weighted by Crippen LogP contribution is 2.30. The normalized spacial score (nSPS) is 22.6. The van der Waals surface area contributed by atoms with E-state index in [1.807, 2.05) is 6.92 Å². The summed E-state index contributed by atoms with van der Waals surface area (Å²) in [5, 5.41) is 0. The van der Waals surface area contributed by atoms with Gasteiger partial charge in [0.15, 0.2) is 0 Å². The second-order valence-electron chi connectivity index (χ2n) is 9.70. The molecule has 1 unspecified atom stereocenters. The van der Waals surface area contributed by atoms with E-state index in [-0.39, 0.29) is 30.2 Å². The van der Waals surface area contributed by atoms with Crippen molar-refractivity contribution in [2.75, 3.05) is 32.8 Å². The number of ether oxygens (including phenoxy) is 2. The fraction of sp³-hybridized carbons (Fsp3) is 0.600. The fourth-order valence-electron chi connectivity index (χ4n) is 4.34. The van der Waals surface area contributed by atoms with E-state index >= 15 is 0 Å². The van der Waals surface area contributed by atoms with Crippen LogP contribution in [0.25, 0.3) is 0 Å². The van der Waals surface area contributed by atoms with Gasteiger partial charge < -0.3 is 24.2 Å². The smallest absolute Gasteiger partial charge is 0.410 e. The first-order valence-electron chi connectivity index (χ1n) is 11.9. The van der Waals surface area contributed by atoms with Gasteiger partial charge >= 0.3 is 12.1 Å². The monoisotopic (exact) mass is 473 g/mol. The molecular weight excluding hydrogens is 438 g/mol. The number of likely N-dealkylation sites (tertiary alicyclic amines) is 3. The molecule has 9 heteroatoms. The second kappa shape index (κ2) is 10.4. The van der Waals surface area contributed by atoms with Gasteiger partial charge in [-0.3, -0.25) is 9.59 Å². The molecule has 0 N–H and O–H groups in total. The van der Waals surface area contributed by atoms with Gasteiger partial charge in [-0.2, -0.15) is 0 Å². The number of esters is 1. The highest BCUT2D eigenvalue weighted by Gasteiger charge is 2.39. The first-order valence-corrected chi connectivity index (χ1v) is 11.9. The Bertz CT molecular complexity index is 929. The maximum atomic E-state index is 13.2. The molecule has 0 aromatic heterocycles. The van der Waals surface area contributed by atoms with Crippen LogP contribution in [0.15, 0.2) is 35.6 Å². The van der Waals surface area contributed by atoms with Crippen LogP contribution in [-0.4, -0.2) is 83.0 Å². The quantitative estimate of drug-likeness (QED) is 0.244. The zero-order valence-electron chi connectivity index (χ0n) is 20.6. The van der Waals surface area contributed by atoms with Crippen molar-refractivity contribution in [2.45, 2.75) is 65.0 Å². The van der Waals surface area contributed by atoms with Crippen LogP contribution in [0.4, 0.5) is 4.79 Å². The summed E-state index contributed by atoms with van der Waals surface area (Å²) in [7, 11) is 0. The van der Waals surface area contributed by atoms with Gasteiger partial charge in [-0.1, -0.05) is 19.6 Å². The van der Waals surface area contributed by atoms with E-state index in [0.29, 0.717) is 63.0 Å². The third-order valence-corrected chi connectivity index (χ3v) is 6.09. The molecule has 3 fully saturated rings. The highest BCUT2D eigenvalue weighted by molar-refractivity contribution is 5.99. The number of amides is 3. The molecule has 9 nitrogen and oxygen atoms in total. The molecule has 3 aliphatic rings. The number of rotatable bonds is 7. The standard InChI is InChI=1S/C25H35N3O6/c1-6-14-33-24(32)26-11-9-19(16-26)27-12-8-18(22(27)30)15-17(7-2)21(28-13-10-20(28)29)23(31)34-25(3,4)5/h6,15,19H,1,7-14,16H2,2-5H3/b18-15-,21-17+. The summed E-state index contributed by atoms with van der Waals surface area (Å²) in [5.41, 5.74) is 0.736. The van der Waals surface area contributed by atoms with Gasteiger partial charge in [-0.05, 0) is 51.7 Å². The van der Waals surface area contributed by atoms with Crippen molar-refractivity contribution in [1.29, 1.82) is 0 Å². The Morgan fingerprint density at radius 3 is 2.44 bits per heavy atom. The lowest BCUT2D eigenvalue weighted by Gasteiger charge is -2.34. The summed E-state index contributed by atoms with van der Waals surface area (Å²) >= 11 is 0. The molecule has 0 bridgehead atoms. The average molecular weight is 474 g/mol. The van der Waals surface area contributed by atoms with Crippen molar-refractivity contribution < 1.29 is 28.7 Å². The van der Waals surface area contributed by atoms with Gasteiger partial charge in [0.25, 0.3) is 0 Å². The van der Waals surface area contributed by atoms with Crippen LogP contribution < -0.4 is 0 Å². The Hall–Kier alpha value is -3.10. The number of hydrogen-bond acceptors (Lipinski definition) is 6. The Morgan fingerprint density at radius 1 is 1.15 bits per heavy atom. The molecule has 3 saturated heterocycles. The summed E-state index contributed by atoms with van der Waals surface area (Å²) in [6.07, 6.45) is 4.95. The zero-order valence-corrected chi connectivity index (χ0v) is 20.6. The number of allylic oxidation sites excluding steroid dienone is 2. The number of carbonyl (C=O) groups excluding carboxylic acids is 4. The molecule has 34 heavy (non-hydrogen) atoms. The summed E-state index contributed by atoms with van der Waals surface area (Å²) in [6.45, 7) is 12.9. The van der Waals surface area contributed by atoms with Crippen LogP contribution in [0.5, 0.6) is 0 Å². The van der Waals surface area contributed by atoms with E-state index in [9.17, 15) is 19.2 Å². The Kier molecular flexibility index (Phi) is 7.84. The van der Waals surface area contributed by atoms with Crippen LogP contribution in [0.3, 0.4) is 0 Å². The van der Waals surface area contributed by atoms with Crippen LogP contribution in [0.1, 0.15) is 53.4 Å². The van der Waals surface area contributed by atoms with Crippen LogP contribution in [0, 0.1) is 0 Å². The van der Waals surface area contributed by atoms with Gasteiger partial charge in [0.1, 0.15) is 17.9 Å². The molecule has 0 saturated carbocycles. The summed E-state index contributed by atoms with van der Waals surface area (Å²) in [4.78, 5) is 55.4. The third-order valence-electron chi connectivity index (χ3n) is 6.09. The van der Waals surface area contributed by atoms with Crippen molar-refractivity contribution in [3.8, 4) is 0 Å². The van der Waals surface area contributed by atoms with Crippen LogP contribution in [0.2, 0.25) is 0 Å². The summed E-state index contributed by atoms with van der Waals surface area (Å²) in [6, 6.07) is -0.0778. The highest BCUT2D eigenvalue weighted by atomic mass is 16.6. The summed E-state index contributed by atoms with van der Waals surface area (Å²) in [5.74, 6) is -0.782. The minimum atomic E-state index is -0.705. The molecule has 0 spiro atoms. The number of carbonyl (C=O) groups is 4. The Balaban J connectivity index is 1.79. The lowest BCUT2D eigenvalue weighted by Crippen LogP contribution is -2.46. The van der Waals surface area contributed by atoms with E-state index in [4.69, 9.17) is 9.47 Å². The lowest BCUT2D eigenvalue weighted by molar-refractivity contribution is -0.156. The third kappa shape index (κ3) is 5.69. The predicted octanol–water partition coefficient (Wildman–Crippen LogP) is 2.78. The maximum absolute atomic E-state index is 13.2. The van der Waals surface area contributed by atoms with Gasteiger partial charge in [0, 0.05) is 38.2 Å². The molecule has 186 valence electrons. The van der Waals surface area contributed by atoms with Gasteiger partial charge in [-0.25, -0.2) is 9.59 Å². The SMILES string of the molecule is C=CCOC(=O)N1CCC(N2CC/C(=C/C(CC)=C(\C(=O)OC(C)(C)C)N3CCC3=O)C2=O)C1. The van der Waals surface area contributed by atoms with Crippen molar-refractivity contribution >= 4 is 23.9 Å². The van der Waals surface area contributed by atoms with Crippen LogP contribution >= 0.6 is 0 Å². The first-order chi connectivity index (χ1) is 16.1. The van der Waals surface area contributed by atoms with Crippen LogP contribution in [-0.2, 0) is 23.9 Å². The van der Waals surface area contributed by atoms with Gasteiger partial charge in [0.05, 0.1) is 6.04 Å². The van der Waals surface area contributed by atoms with Crippen molar-refractivity contribution in [3.05, 3.63) is 35.6 Å². The minimum absolute atomic E-state index is 0.0778. The fourth-order valence-corrected chi connectivity index (χ4v) is 4.34. The molecule has 1 atom stereocenters. The molecule has 3 rings (SSSR count). The summed E-state index contributed by atoms with van der Waals surface area (Å²) < 4.78 is 10.7. The van der Waals surface area contributed by atoms with E-state index in [1.165, 1.54) is 11.0 Å². The average Bonchev–Trinajstić information content (AvgIpc) is 3.38. The Morgan fingerprint density at radius 2 is 1.88 bits per heavy atom. The number of nitrogens with zero attached hydrogens (tertiary/aromatic N) is 3. The molecular formula is C25H35N3O6. The maximum Gasteiger partial charge on any atom is 0.410 e. The second-order valence-corrected chi connectivity index (χ2v) is 9.70. The lowest BCUT2D eigenvalue weighted by atomic mass is 10.0. The van der Waals surface area contributed by atoms with Gasteiger partial charge in [-0.15, -0.1) is 0 Å². The van der Waals surface area contributed by atoms with E-state index < -0.39 is 17.7 Å². The molecule has 3 aliphatic heterocycles. The molecule has 0 aromatic carbocycles. The Labute approximate surface area is 201 Å². The molecule has 0 radical (unpaired) electrons. The van der Waals surface area contributed by atoms with Crippen molar-refractivity contribution in [1.82, 2.24) is 14.7 Å². The van der Waals surface area contributed by atoms with Crippen molar-refractivity contribution in [3.63, 3.8) is 0 Å². The number of hydrogen-bond donors (Lipinski definition) is 0. The van der Waals surface area contributed by atoms with Gasteiger partial charge in [0.2, 0.25) is 11.8 Å². The molecule has 0 aromatic rings. The molecule has 3 amide bonds. The predicted molar refractivity (Wildman–Crippen MR) is 125 cm³/mol. The first kappa shape index (κ1) is 25.5. The van der Waals surface area contributed by atoms with E-state index in [0.717, 1.165) is 0 Å². The van der Waals surface area contributed by atoms with E-state index in [1.54, 1.807) is 36.6 Å². The minimum Gasteiger partial charge on any atom is -0.455 e. The molecule has 0 aliphatic carbocycles. The zero-order chi connectivity index (χ0) is 25.0. The van der Waals surface area contributed by atoms with Crippen molar-refractivity contribution in [2.24, 2.45) is 0 Å². The number of β-lactam (4-membered cyclic amide) rings is 1. The molecule has 3 heterocycles.